The number of ether oxygens (including phenoxy) is 1. The summed E-state index contributed by atoms with van der Waals surface area (Å²) in [6.07, 6.45) is 2.59. The molecule has 0 atom stereocenters. The van der Waals surface area contributed by atoms with E-state index in [1.54, 1.807) is 7.11 Å². The monoisotopic (exact) mass is 360 g/mol. The second-order valence-electron chi connectivity index (χ2n) is 7.85. The Bertz CT molecular complexity index is 560. The first-order chi connectivity index (χ1) is 12.4. The molecule has 1 fully saturated rings. The van der Waals surface area contributed by atoms with Gasteiger partial charge in [-0.2, -0.15) is 0 Å². The number of guanidine groups is 1. The zero-order chi connectivity index (χ0) is 19.0. The van der Waals surface area contributed by atoms with Crippen LogP contribution in [0.5, 0.6) is 0 Å². The van der Waals surface area contributed by atoms with Crippen LogP contribution in [-0.2, 0) is 11.3 Å². The van der Waals surface area contributed by atoms with Crippen molar-refractivity contribution in [3.05, 3.63) is 29.8 Å². The van der Waals surface area contributed by atoms with Gasteiger partial charge in [0.2, 0.25) is 0 Å². The van der Waals surface area contributed by atoms with Crippen LogP contribution in [0.2, 0.25) is 0 Å². The van der Waals surface area contributed by atoms with E-state index in [0.29, 0.717) is 13.1 Å². The smallest absolute Gasteiger partial charge is 0.191 e. The van der Waals surface area contributed by atoms with E-state index in [4.69, 9.17) is 9.73 Å². The van der Waals surface area contributed by atoms with Crippen molar-refractivity contribution in [2.24, 2.45) is 10.9 Å². The van der Waals surface area contributed by atoms with E-state index in [1.165, 1.54) is 37.2 Å². The molecule has 1 heterocycles. The van der Waals surface area contributed by atoms with Crippen LogP contribution in [0.25, 0.3) is 0 Å². The van der Waals surface area contributed by atoms with Crippen LogP contribution in [0.1, 0.15) is 46.1 Å². The molecule has 0 radical (unpaired) electrons. The molecule has 0 spiro atoms. The Morgan fingerprint density at radius 1 is 1.19 bits per heavy atom. The van der Waals surface area contributed by atoms with Gasteiger partial charge in [0.15, 0.2) is 5.96 Å². The molecule has 1 aliphatic heterocycles. The largest absolute Gasteiger partial charge is 0.377 e. The number of methoxy groups -OCH3 is 1. The Labute approximate surface area is 159 Å². The van der Waals surface area contributed by atoms with Crippen LogP contribution in [0.15, 0.2) is 29.3 Å². The van der Waals surface area contributed by atoms with E-state index in [1.807, 2.05) is 0 Å². The first kappa shape index (κ1) is 20.6. The fraction of sp³-hybridized carbons (Fsp3) is 0.667. The highest BCUT2D eigenvalue weighted by Gasteiger charge is 2.17. The number of hydrogen-bond donors (Lipinski definition) is 2. The molecular weight excluding hydrogens is 324 g/mol. The Morgan fingerprint density at radius 2 is 1.85 bits per heavy atom. The molecule has 1 aromatic rings. The summed E-state index contributed by atoms with van der Waals surface area (Å²) < 4.78 is 5.46. The van der Waals surface area contributed by atoms with Crippen molar-refractivity contribution in [3.8, 4) is 0 Å². The molecule has 2 N–H and O–H groups in total. The molecular formula is C21H36N4O. The van der Waals surface area contributed by atoms with Crippen LogP contribution in [-0.4, -0.2) is 44.8 Å². The summed E-state index contributed by atoms with van der Waals surface area (Å²) in [5.41, 5.74) is 2.34. The fourth-order valence-electron chi connectivity index (χ4n) is 2.96. The summed E-state index contributed by atoms with van der Waals surface area (Å²) in [5, 5.41) is 6.65. The highest BCUT2D eigenvalue weighted by molar-refractivity contribution is 5.79. The second kappa shape index (κ2) is 9.81. The molecule has 0 saturated carbocycles. The second-order valence-corrected chi connectivity index (χ2v) is 7.85. The van der Waals surface area contributed by atoms with Gasteiger partial charge in [-0.3, -0.25) is 0 Å². The Kier molecular flexibility index (Phi) is 7.76. The lowest BCUT2D eigenvalue weighted by Gasteiger charge is -2.32. The van der Waals surface area contributed by atoms with Crippen LogP contribution >= 0.6 is 0 Å². The van der Waals surface area contributed by atoms with Gasteiger partial charge in [-0.25, -0.2) is 4.99 Å². The van der Waals surface area contributed by atoms with E-state index in [0.717, 1.165) is 18.4 Å². The maximum Gasteiger partial charge on any atom is 0.191 e. The molecule has 146 valence electrons. The molecule has 1 aromatic carbocycles. The minimum Gasteiger partial charge on any atom is -0.377 e. The summed E-state index contributed by atoms with van der Waals surface area (Å²) in [7, 11) is 1.73. The highest BCUT2D eigenvalue weighted by Crippen LogP contribution is 2.23. The van der Waals surface area contributed by atoms with E-state index in [-0.39, 0.29) is 5.60 Å². The number of hydrogen-bond acceptors (Lipinski definition) is 3. The zero-order valence-corrected chi connectivity index (χ0v) is 17.1. The van der Waals surface area contributed by atoms with Crippen molar-refractivity contribution in [3.63, 3.8) is 0 Å². The molecule has 26 heavy (non-hydrogen) atoms. The average molecular weight is 361 g/mol. The van der Waals surface area contributed by atoms with Crippen LogP contribution < -0.4 is 15.5 Å². The first-order valence-electron chi connectivity index (χ1n) is 9.84. The number of rotatable bonds is 7. The summed E-state index contributed by atoms with van der Waals surface area (Å²) in [4.78, 5) is 7.19. The molecule has 0 aliphatic carbocycles. The highest BCUT2D eigenvalue weighted by atomic mass is 16.5. The van der Waals surface area contributed by atoms with Gasteiger partial charge in [0, 0.05) is 39.0 Å². The average Bonchev–Trinajstić information content (AvgIpc) is 2.65. The summed E-state index contributed by atoms with van der Waals surface area (Å²) in [6, 6.07) is 8.85. The zero-order valence-electron chi connectivity index (χ0n) is 17.1. The van der Waals surface area contributed by atoms with Crippen molar-refractivity contribution in [1.29, 1.82) is 0 Å². The van der Waals surface area contributed by atoms with Gasteiger partial charge in [-0.15, -0.1) is 0 Å². The SMILES string of the molecule is CCNC(=NCc1ccc(N2CCC(C)CC2)cc1)NCC(C)(C)OC. The number of nitrogens with zero attached hydrogens (tertiary/aromatic N) is 2. The Balaban J connectivity index is 1.92. The van der Waals surface area contributed by atoms with Crippen molar-refractivity contribution in [2.75, 3.05) is 38.2 Å². The fourth-order valence-corrected chi connectivity index (χ4v) is 2.96. The van der Waals surface area contributed by atoms with Gasteiger partial charge in [-0.05, 0) is 57.2 Å². The van der Waals surface area contributed by atoms with Crippen molar-refractivity contribution in [1.82, 2.24) is 10.6 Å². The lowest BCUT2D eigenvalue weighted by molar-refractivity contribution is 0.0268. The Morgan fingerprint density at radius 3 is 2.42 bits per heavy atom. The number of piperidine rings is 1. The molecule has 0 bridgehead atoms. The predicted molar refractivity (Wildman–Crippen MR) is 111 cm³/mol. The first-order valence-corrected chi connectivity index (χ1v) is 9.84. The van der Waals surface area contributed by atoms with Gasteiger partial charge < -0.3 is 20.3 Å². The van der Waals surface area contributed by atoms with Gasteiger partial charge in [0.25, 0.3) is 0 Å². The van der Waals surface area contributed by atoms with Crippen LogP contribution in [0.4, 0.5) is 5.69 Å². The van der Waals surface area contributed by atoms with Gasteiger partial charge in [-0.1, -0.05) is 19.1 Å². The number of anilines is 1. The van der Waals surface area contributed by atoms with E-state index in [9.17, 15) is 0 Å². The quantitative estimate of drug-likeness (QED) is 0.578. The normalized spacial score (nSPS) is 16.7. The molecule has 2 rings (SSSR count). The lowest BCUT2D eigenvalue weighted by Crippen LogP contribution is -2.45. The van der Waals surface area contributed by atoms with Crippen molar-refractivity contribution < 1.29 is 4.74 Å². The van der Waals surface area contributed by atoms with E-state index in [2.05, 4.69) is 67.5 Å². The third kappa shape index (κ3) is 6.52. The van der Waals surface area contributed by atoms with Crippen molar-refractivity contribution >= 4 is 11.6 Å². The minimum absolute atomic E-state index is 0.218. The van der Waals surface area contributed by atoms with E-state index >= 15 is 0 Å². The predicted octanol–water partition coefficient (Wildman–Crippen LogP) is 3.40. The van der Waals surface area contributed by atoms with Gasteiger partial charge in [0.05, 0.1) is 12.1 Å². The standard InChI is InChI=1S/C21H36N4O/c1-6-22-20(24-16-21(3,4)26-5)23-15-18-7-9-19(10-8-18)25-13-11-17(2)12-14-25/h7-10,17H,6,11-16H2,1-5H3,(H2,22,23,24). The summed E-state index contributed by atoms with van der Waals surface area (Å²) in [6.45, 7) is 13.1. The lowest BCUT2D eigenvalue weighted by atomic mass is 9.99. The van der Waals surface area contributed by atoms with Crippen LogP contribution in [0, 0.1) is 5.92 Å². The molecule has 0 amide bonds. The molecule has 1 aliphatic rings. The summed E-state index contributed by atoms with van der Waals surface area (Å²) >= 11 is 0. The third-order valence-electron chi connectivity index (χ3n) is 5.08. The molecule has 0 unspecified atom stereocenters. The molecule has 1 saturated heterocycles. The molecule has 5 nitrogen and oxygen atoms in total. The number of aliphatic imine (C=N–C) groups is 1. The van der Waals surface area contributed by atoms with E-state index < -0.39 is 0 Å². The van der Waals surface area contributed by atoms with Gasteiger partial charge in [0.1, 0.15) is 0 Å². The van der Waals surface area contributed by atoms with Crippen LogP contribution in [0.3, 0.4) is 0 Å². The maximum absolute atomic E-state index is 5.46. The molecule has 5 heteroatoms. The maximum atomic E-state index is 5.46. The molecule has 0 aromatic heterocycles. The van der Waals surface area contributed by atoms with Gasteiger partial charge >= 0.3 is 0 Å². The number of nitrogens with one attached hydrogen (secondary N) is 2. The number of benzene rings is 1. The van der Waals surface area contributed by atoms with Crippen molar-refractivity contribution in [2.45, 2.75) is 52.7 Å². The topological polar surface area (TPSA) is 48.9 Å². The Hall–Kier alpha value is -1.75. The summed E-state index contributed by atoms with van der Waals surface area (Å²) in [5.74, 6) is 1.69. The third-order valence-corrected chi connectivity index (χ3v) is 5.08. The minimum atomic E-state index is -0.218.